The van der Waals surface area contributed by atoms with E-state index in [-0.39, 0.29) is 17.0 Å². The largest absolute Gasteiger partial charge is 0.310 e. The SMILES string of the molecule is O=c1sc2ccccc2c(=O)n1Cc1nnnn1C1CC1. The average Bonchev–Trinajstić information content (AvgIpc) is 3.23. The van der Waals surface area contributed by atoms with Gasteiger partial charge in [-0.15, -0.1) is 5.10 Å². The van der Waals surface area contributed by atoms with Crippen molar-refractivity contribution in [1.82, 2.24) is 24.8 Å². The van der Waals surface area contributed by atoms with Crippen LogP contribution in [0.15, 0.2) is 33.9 Å². The first-order chi connectivity index (χ1) is 10.2. The van der Waals surface area contributed by atoms with E-state index in [4.69, 9.17) is 0 Å². The summed E-state index contributed by atoms with van der Waals surface area (Å²) in [5.41, 5.74) is -0.292. The van der Waals surface area contributed by atoms with Crippen LogP contribution in [-0.2, 0) is 6.54 Å². The maximum absolute atomic E-state index is 12.5. The summed E-state index contributed by atoms with van der Waals surface area (Å²) in [7, 11) is 0. The molecule has 0 bridgehead atoms. The smallest absolute Gasteiger partial charge is 0.268 e. The van der Waals surface area contributed by atoms with Gasteiger partial charge in [-0.1, -0.05) is 23.5 Å². The Labute approximate surface area is 122 Å². The third-order valence-electron chi connectivity index (χ3n) is 3.53. The number of nitrogens with zero attached hydrogens (tertiary/aromatic N) is 5. The molecule has 0 radical (unpaired) electrons. The minimum atomic E-state index is -0.292. The lowest BCUT2D eigenvalue weighted by Crippen LogP contribution is -2.32. The van der Waals surface area contributed by atoms with Gasteiger partial charge in [-0.2, -0.15) is 0 Å². The molecule has 0 spiro atoms. The molecule has 21 heavy (non-hydrogen) atoms. The Morgan fingerprint density at radius 1 is 1.24 bits per heavy atom. The molecule has 3 aromatic rings. The van der Waals surface area contributed by atoms with Gasteiger partial charge < -0.3 is 0 Å². The Kier molecular flexibility index (Phi) is 2.71. The monoisotopic (exact) mass is 301 g/mol. The molecule has 2 heterocycles. The molecule has 0 amide bonds. The van der Waals surface area contributed by atoms with Gasteiger partial charge in [-0.25, -0.2) is 4.68 Å². The Morgan fingerprint density at radius 3 is 2.86 bits per heavy atom. The Bertz CT molecular complexity index is 937. The van der Waals surface area contributed by atoms with E-state index in [0.29, 0.717) is 22.0 Å². The van der Waals surface area contributed by atoms with Crippen molar-refractivity contribution < 1.29 is 0 Å². The van der Waals surface area contributed by atoms with Gasteiger partial charge in [0.05, 0.1) is 18.0 Å². The van der Waals surface area contributed by atoms with Crippen LogP contribution in [0.4, 0.5) is 0 Å². The molecule has 8 heteroatoms. The molecule has 1 fully saturated rings. The van der Waals surface area contributed by atoms with Crippen molar-refractivity contribution in [2.45, 2.75) is 25.4 Å². The van der Waals surface area contributed by atoms with E-state index in [2.05, 4.69) is 15.5 Å². The molecule has 0 aliphatic heterocycles. The summed E-state index contributed by atoms with van der Waals surface area (Å²) in [6, 6.07) is 7.43. The third kappa shape index (κ3) is 2.07. The topological polar surface area (TPSA) is 82.7 Å². The standard InChI is InChI=1S/C13H11N5O2S/c19-12-9-3-1-2-4-10(9)21-13(20)17(12)7-11-14-15-16-18(11)8-5-6-8/h1-4,8H,5-7H2. The predicted octanol–water partition coefficient (Wildman–Crippen LogP) is 0.793. The fraction of sp³-hybridized carbons (Fsp3) is 0.308. The predicted molar refractivity (Wildman–Crippen MR) is 77.5 cm³/mol. The summed E-state index contributed by atoms with van der Waals surface area (Å²) in [5.74, 6) is 0.555. The van der Waals surface area contributed by atoms with Gasteiger partial charge in [-0.05, 0) is 35.4 Å². The summed E-state index contributed by atoms with van der Waals surface area (Å²) in [5, 5.41) is 12.1. The fourth-order valence-electron chi connectivity index (χ4n) is 2.31. The Balaban J connectivity index is 1.85. The fourth-order valence-corrected chi connectivity index (χ4v) is 3.16. The lowest BCUT2D eigenvalue weighted by atomic mass is 10.3. The van der Waals surface area contributed by atoms with E-state index in [1.54, 1.807) is 22.9 Å². The number of aromatic nitrogens is 5. The van der Waals surface area contributed by atoms with E-state index >= 15 is 0 Å². The minimum Gasteiger partial charge on any atom is -0.268 e. The van der Waals surface area contributed by atoms with Gasteiger partial charge in [0.1, 0.15) is 0 Å². The molecular weight excluding hydrogens is 290 g/mol. The maximum atomic E-state index is 12.5. The summed E-state index contributed by atoms with van der Waals surface area (Å²) in [6.07, 6.45) is 2.08. The number of fused-ring (bicyclic) bond motifs is 1. The first kappa shape index (κ1) is 12.4. The van der Waals surface area contributed by atoms with Gasteiger partial charge in [0.2, 0.25) is 0 Å². The average molecular weight is 301 g/mol. The zero-order valence-corrected chi connectivity index (χ0v) is 11.8. The second-order valence-electron chi connectivity index (χ2n) is 5.03. The molecule has 0 unspecified atom stereocenters. The zero-order valence-electron chi connectivity index (χ0n) is 11.0. The van der Waals surface area contributed by atoms with Crippen molar-refractivity contribution in [2.24, 2.45) is 0 Å². The minimum absolute atomic E-state index is 0.114. The molecule has 1 aliphatic carbocycles. The van der Waals surface area contributed by atoms with Crippen LogP contribution in [0.3, 0.4) is 0 Å². The van der Waals surface area contributed by atoms with Crippen molar-refractivity contribution >= 4 is 21.4 Å². The molecule has 0 N–H and O–H groups in total. The van der Waals surface area contributed by atoms with E-state index in [0.717, 1.165) is 24.2 Å². The van der Waals surface area contributed by atoms with Gasteiger partial charge in [-0.3, -0.25) is 14.2 Å². The van der Waals surface area contributed by atoms with E-state index in [1.165, 1.54) is 4.57 Å². The highest BCUT2D eigenvalue weighted by Gasteiger charge is 2.28. The van der Waals surface area contributed by atoms with Crippen molar-refractivity contribution in [1.29, 1.82) is 0 Å². The maximum Gasteiger partial charge on any atom is 0.310 e. The zero-order chi connectivity index (χ0) is 14.4. The number of tetrazole rings is 1. The van der Waals surface area contributed by atoms with Gasteiger partial charge in [0.25, 0.3) is 5.56 Å². The van der Waals surface area contributed by atoms with Crippen LogP contribution < -0.4 is 10.4 Å². The van der Waals surface area contributed by atoms with Crippen LogP contribution in [0.1, 0.15) is 24.7 Å². The van der Waals surface area contributed by atoms with E-state index in [9.17, 15) is 9.59 Å². The first-order valence-electron chi connectivity index (χ1n) is 6.63. The molecule has 1 saturated carbocycles. The molecule has 4 rings (SSSR count). The van der Waals surface area contributed by atoms with Crippen LogP contribution >= 0.6 is 11.3 Å². The van der Waals surface area contributed by atoms with Crippen LogP contribution in [-0.4, -0.2) is 24.8 Å². The molecule has 2 aromatic heterocycles. The number of hydrogen-bond donors (Lipinski definition) is 0. The lowest BCUT2D eigenvalue weighted by molar-refractivity contribution is 0.561. The number of rotatable bonds is 3. The lowest BCUT2D eigenvalue weighted by Gasteiger charge is -2.05. The summed E-state index contributed by atoms with van der Waals surface area (Å²) in [6.45, 7) is 0.114. The number of benzene rings is 1. The van der Waals surface area contributed by atoms with Crippen LogP contribution in [0.25, 0.3) is 10.1 Å². The highest BCUT2D eigenvalue weighted by atomic mass is 32.1. The van der Waals surface area contributed by atoms with Crippen molar-refractivity contribution in [3.05, 3.63) is 50.1 Å². The second kappa shape index (κ2) is 4.59. The molecular formula is C13H11N5O2S. The molecule has 7 nitrogen and oxygen atoms in total. The van der Waals surface area contributed by atoms with Gasteiger partial charge in [0.15, 0.2) is 5.82 Å². The van der Waals surface area contributed by atoms with Crippen molar-refractivity contribution in [3.63, 3.8) is 0 Å². The Morgan fingerprint density at radius 2 is 2.05 bits per heavy atom. The summed E-state index contributed by atoms with van der Waals surface area (Å²) < 4.78 is 3.62. The van der Waals surface area contributed by atoms with Crippen molar-refractivity contribution in [3.8, 4) is 0 Å². The quantitative estimate of drug-likeness (QED) is 0.714. The van der Waals surface area contributed by atoms with Gasteiger partial charge in [0, 0.05) is 4.70 Å². The van der Waals surface area contributed by atoms with Crippen LogP contribution in [0, 0.1) is 0 Å². The normalized spacial score (nSPS) is 14.7. The third-order valence-corrected chi connectivity index (χ3v) is 4.50. The first-order valence-corrected chi connectivity index (χ1v) is 7.45. The highest BCUT2D eigenvalue weighted by molar-refractivity contribution is 7.16. The number of hydrogen-bond acceptors (Lipinski definition) is 6. The highest BCUT2D eigenvalue weighted by Crippen LogP contribution is 2.34. The molecule has 0 saturated heterocycles. The molecule has 1 aliphatic rings. The Hall–Kier alpha value is -2.35. The summed E-state index contributed by atoms with van der Waals surface area (Å²) >= 11 is 1.06. The van der Waals surface area contributed by atoms with Crippen molar-refractivity contribution in [2.75, 3.05) is 0 Å². The summed E-state index contributed by atoms with van der Waals surface area (Å²) in [4.78, 5) is 24.4. The molecule has 1 aromatic carbocycles. The van der Waals surface area contributed by atoms with Crippen LogP contribution in [0.5, 0.6) is 0 Å². The van der Waals surface area contributed by atoms with E-state index < -0.39 is 0 Å². The second-order valence-corrected chi connectivity index (χ2v) is 6.02. The molecule has 106 valence electrons. The van der Waals surface area contributed by atoms with Gasteiger partial charge >= 0.3 is 4.87 Å². The van der Waals surface area contributed by atoms with Crippen LogP contribution in [0.2, 0.25) is 0 Å². The molecule has 0 atom stereocenters. The van der Waals surface area contributed by atoms with E-state index in [1.807, 2.05) is 6.07 Å².